The maximum absolute atomic E-state index is 12.7. The van der Waals surface area contributed by atoms with Crippen LogP contribution in [0.25, 0.3) is 0 Å². The molecule has 0 aromatic heterocycles. The van der Waals surface area contributed by atoms with Gasteiger partial charge in [-0.3, -0.25) is 4.79 Å². The number of rotatable bonds is 6. The van der Waals surface area contributed by atoms with E-state index in [1.807, 2.05) is 4.90 Å². The van der Waals surface area contributed by atoms with Crippen LogP contribution in [0.15, 0.2) is 24.3 Å². The van der Waals surface area contributed by atoms with Crippen LogP contribution in [0.4, 0.5) is 0 Å². The first-order chi connectivity index (χ1) is 12.5. The van der Waals surface area contributed by atoms with E-state index in [0.29, 0.717) is 18.9 Å². The van der Waals surface area contributed by atoms with Gasteiger partial charge in [-0.05, 0) is 31.9 Å². The van der Waals surface area contributed by atoms with Gasteiger partial charge in [0, 0.05) is 64.8 Å². The van der Waals surface area contributed by atoms with E-state index in [9.17, 15) is 9.90 Å². The quantitative estimate of drug-likeness (QED) is 0.830. The highest BCUT2D eigenvalue weighted by Gasteiger charge is 2.35. The Kier molecular flexibility index (Phi) is 6.68. The second-order valence-electron chi connectivity index (χ2n) is 8.09. The Morgan fingerprint density at radius 2 is 1.73 bits per heavy atom. The third-order valence-corrected chi connectivity index (χ3v) is 6.00. The lowest BCUT2D eigenvalue weighted by Gasteiger charge is -2.34. The smallest absolute Gasteiger partial charge is 0.222 e. The predicted molar refractivity (Wildman–Crippen MR) is 104 cm³/mol. The molecule has 3 rings (SSSR count). The van der Waals surface area contributed by atoms with Crippen LogP contribution in [0, 0.1) is 18.8 Å². The molecule has 5 heteroatoms. The Bertz CT molecular complexity index is 581. The number of hydrogen-bond donors (Lipinski definition) is 1. The van der Waals surface area contributed by atoms with Gasteiger partial charge in [0.05, 0.1) is 0 Å². The highest BCUT2D eigenvalue weighted by molar-refractivity contribution is 5.76. The SMILES string of the molecule is Cc1ccc(CCC(=O)N2C[C@@H](CN3CCN(C)CC3)[C@@H](CO)C2)cc1. The van der Waals surface area contributed by atoms with E-state index < -0.39 is 0 Å². The number of benzene rings is 1. The molecule has 0 spiro atoms. The van der Waals surface area contributed by atoms with Gasteiger partial charge in [0.1, 0.15) is 0 Å². The number of aliphatic hydroxyl groups is 1. The predicted octanol–water partition coefficient (Wildman–Crippen LogP) is 1.24. The van der Waals surface area contributed by atoms with Crippen LogP contribution >= 0.6 is 0 Å². The van der Waals surface area contributed by atoms with E-state index in [1.54, 1.807) is 0 Å². The number of carbonyl (C=O) groups is 1. The van der Waals surface area contributed by atoms with Crippen LogP contribution in [-0.2, 0) is 11.2 Å². The zero-order valence-electron chi connectivity index (χ0n) is 16.2. The van der Waals surface area contributed by atoms with Crippen molar-refractivity contribution in [3.05, 3.63) is 35.4 Å². The Hall–Kier alpha value is -1.43. The molecule has 0 radical (unpaired) electrons. The maximum Gasteiger partial charge on any atom is 0.222 e. The lowest BCUT2D eigenvalue weighted by molar-refractivity contribution is -0.130. The molecule has 2 aliphatic rings. The van der Waals surface area contributed by atoms with Crippen LogP contribution < -0.4 is 0 Å². The monoisotopic (exact) mass is 359 g/mol. The zero-order valence-corrected chi connectivity index (χ0v) is 16.2. The van der Waals surface area contributed by atoms with Crippen LogP contribution in [0.1, 0.15) is 17.5 Å². The van der Waals surface area contributed by atoms with Gasteiger partial charge in [-0.1, -0.05) is 29.8 Å². The van der Waals surface area contributed by atoms with Crippen molar-refractivity contribution in [1.82, 2.24) is 14.7 Å². The van der Waals surface area contributed by atoms with Crippen LogP contribution in [-0.4, -0.2) is 85.2 Å². The number of aryl methyl sites for hydroxylation is 2. The van der Waals surface area contributed by atoms with E-state index in [2.05, 4.69) is 48.0 Å². The van der Waals surface area contributed by atoms with Crippen molar-refractivity contribution >= 4 is 5.91 Å². The van der Waals surface area contributed by atoms with E-state index in [1.165, 1.54) is 11.1 Å². The number of amides is 1. The molecule has 0 unspecified atom stereocenters. The number of aliphatic hydroxyl groups excluding tert-OH is 1. The number of piperazine rings is 1. The average molecular weight is 360 g/mol. The molecule has 0 bridgehead atoms. The fourth-order valence-electron chi connectivity index (χ4n) is 4.08. The van der Waals surface area contributed by atoms with Gasteiger partial charge < -0.3 is 19.8 Å². The van der Waals surface area contributed by atoms with Gasteiger partial charge in [0.2, 0.25) is 5.91 Å². The van der Waals surface area contributed by atoms with Gasteiger partial charge in [-0.15, -0.1) is 0 Å². The first-order valence-corrected chi connectivity index (χ1v) is 9.90. The molecule has 1 aromatic rings. The Labute approximate surface area is 157 Å². The minimum Gasteiger partial charge on any atom is -0.396 e. The summed E-state index contributed by atoms with van der Waals surface area (Å²) in [5, 5.41) is 9.78. The molecule has 1 N–H and O–H groups in total. The fourth-order valence-corrected chi connectivity index (χ4v) is 4.08. The summed E-state index contributed by atoms with van der Waals surface area (Å²) in [6, 6.07) is 8.42. The van der Waals surface area contributed by atoms with Gasteiger partial charge in [-0.25, -0.2) is 0 Å². The molecule has 5 nitrogen and oxygen atoms in total. The van der Waals surface area contributed by atoms with Crippen molar-refractivity contribution in [3.63, 3.8) is 0 Å². The third kappa shape index (κ3) is 5.06. The molecule has 2 heterocycles. The van der Waals surface area contributed by atoms with Gasteiger partial charge >= 0.3 is 0 Å². The summed E-state index contributed by atoms with van der Waals surface area (Å²) in [5.74, 6) is 0.842. The third-order valence-electron chi connectivity index (χ3n) is 6.00. The van der Waals surface area contributed by atoms with Crippen molar-refractivity contribution in [2.24, 2.45) is 11.8 Å². The summed E-state index contributed by atoms with van der Waals surface area (Å²) in [4.78, 5) is 19.5. The van der Waals surface area contributed by atoms with E-state index in [4.69, 9.17) is 0 Å². The Morgan fingerprint density at radius 1 is 1.08 bits per heavy atom. The second kappa shape index (κ2) is 8.98. The molecular weight excluding hydrogens is 326 g/mol. The molecule has 2 fully saturated rings. The second-order valence-corrected chi connectivity index (χ2v) is 8.09. The first kappa shape index (κ1) is 19.3. The van der Waals surface area contributed by atoms with Crippen LogP contribution in [0.2, 0.25) is 0 Å². The Balaban J connectivity index is 1.49. The molecular formula is C21H33N3O2. The highest BCUT2D eigenvalue weighted by Crippen LogP contribution is 2.25. The van der Waals surface area contributed by atoms with Crippen molar-refractivity contribution < 1.29 is 9.90 Å². The van der Waals surface area contributed by atoms with Gasteiger partial charge in [-0.2, -0.15) is 0 Å². The van der Waals surface area contributed by atoms with Gasteiger partial charge in [0.15, 0.2) is 0 Å². The summed E-state index contributed by atoms with van der Waals surface area (Å²) in [7, 11) is 2.16. The topological polar surface area (TPSA) is 47.0 Å². The summed E-state index contributed by atoms with van der Waals surface area (Å²) in [5.41, 5.74) is 2.47. The average Bonchev–Trinajstić information content (AvgIpc) is 3.06. The summed E-state index contributed by atoms with van der Waals surface area (Å²) in [6.45, 7) is 9.16. The van der Waals surface area contributed by atoms with Crippen molar-refractivity contribution in [1.29, 1.82) is 0 Å². The minimum atomic E-state index is 0.181. The van der Waals surface area contributed by atoms with Crippen molar-refractivity contribution in [2.45, 2.75) is 19.8 Å². The molecule has 144 valence electrons. The van der Waals surface area contributed by atoms with Crippen molar-refractivity contribution in [3.8, 4) is 0 Å². The largest absolute Gasteiger partial charge is 0.396 e. The molecule has 26 heavy (non-hydrogen) atoms. The summed E-state index contributed by atoms with van der Waals surface area (Å²) < 4.78 is 0. The van der Waals surface area contributed by atoms with Crippen LogP contribution in [0.3, 0.4) is 0 Å². The van der Waals surface area contributed by atoms with E-state index >= 15 is 0 Å². The highest BCUT2D eigenvalue weighted by atomic mass is 16.3. The molecule has 0 saturated carbocycles. The number of likely N-dealkylation sites (N-methyl/N-ethyl adjacent to an activating group) is 1. The molecule has 1 amide bonds. The van der Waals surface area contributed by atoms with Gasteiger partial charge in [0.25, 0.3) is 0 Å². The lowest BCUT2D eigenvalue weighted by Crippen LogP contribution is -2.47. The molecule has 0 aliphatic carbocycles. The molecule has 2 atom stereocenters. The minimum absolute atomic E-state index is 0.181. The summed E-state index contributed by atoms with van der Waals surface area (Å²) in [6.07, 6.45) is 1.35. The number of carbonyl (C=O) groups excluding carboxylic acids is 1. The standard InChI is InChI=1S/C21H33N3O2/c1-17-3-5-18(6-4-17)7-8-21(26)24-14-19(20(15-24)16-25)13-23-11-9-22(2)10-12-23/h3-6,19-20,25H,7-16H2,1-2H3/t19-,20-/m1/s1. The molecule has 2 saturated heterocycles. The number of nitrogens with zero attached hydrogens (tertiary/aromatic N) is 3. The maximum atomic E-state index is 12.7. The normalized spacial score (nSPS) is 25.0. The van der Waals surface area contributed by atoms with Crippen LogP contribution in [0.5, 0.6) is 0 Å². The number of likely N-dealkylation sites (tertiary alicyclic amines) is 1. The molecule has 2 aliphatic heterocycles. The van der Waals surface area contributed by atoms with E-state index in [-0.39, 0.29) is 18.4 Å². The fraction of sp³-hybridized carbons (Fsp3) is 0.667. The number of hydrogen-bond acceptors (Lipinski definition) is 4. The Morgan fingerprint density at radius 3 is 2.38 bits per heavy atom. The summed E-state index contributed by atoms with van der Waals surface area (Å²) >= 11 is 0. The van der Waals surface area contributed by atoms with E-state index in [0.717, 1.165) is 45.7 Å². The lowest BCUT2D eigenvalue weighted by atomic mass is 9.96. The first-order valence-electron chi connectivity index (χ1n) is 9.90. The molecule has 1 aromatic carbocycles. The van der Waals surface area contributed by atoms with Crippen molar-refractivity contribution in [2.75, 3.05) is 59.5 Å². The zero-order chi connectivity index (χ0) is 18.5.